The Balaban J connectivity index is 1.82. The maximum atomic E-state index is 11.8. The number of nitrogens with two attached hydrogens (primary N) is 1. The Labute approximate surface area is 126 Å². The highest BCUT2D eigenvalue weighted by Gasteiger charge is 2.08. The third kappa shape index (κ3) is 3.95. The number of thioether (sulfide) groups is 1. The van der Waals surface area contributed by atoms with Crippen molar-refractivity contribution in [2.75, 3.05) is 16.8 Å². The van der Waals surface area contributed by atoms with Crippen molar-refractivity contribution in [3.05, 3.63) is 41.3 Å². The van der Waals surface area contributed by atoms with Gasteiger partial charge < -0.3 is 15.5 Å². The van der Waals surface area contributed by atoms with Crippen LogP contribution < -0.4 is 11.1 Å². The number of amides is 1. The summed E-state index contributed by atoms with van der Waals surface area (Å²) in [5, 5.41) is 3.21. The van der Waals surface area contributed by atoms with E-state index in [1.165, 1.54) is 0 Å². The summed E-state index contributed by atoms with van der Waals surface area (Å²) >= 11 is 7.59. The van der Waals surface area contributed by atoms with Crippen LogP contribution in [0.2, 0.25) is 5.02 Å². The van der Waals surface area contributed by atoms with Crippen molar-refractivity contribution in [1.82, 2.24) is 0 Å². The van der Waals surface area contributed by atoms with Crippen molar-refractivity contribution in [2.45, 2.75) is 18.2 Å². The first-order valence-corrected chi connectivity index (χ1v) is 7.44. The van der Waals surface area contributed by atoms with Crippen LogP contribution in [-0.2, 0) is 4.79 Å². The third-order valence-corrected chi connectivity index (χ3v) is 4.12. The smallest absolute Gasteiger partial charge is 0.225 e. The number of rotatable bonds is 5. The van der Waals surface area contributed by atoms with Gasteiger partial charge in [0.1, 0.15) is 5.76 Å². The number of hydrogen-bond donors (Lipinski definition) is 2. The molecule has 20 heavy (non-hydrogen) atoms. The molecule has 0 bridgehead atoms. The van der Waals surface area contributed by atoms with E-state index in [9.17, 15) is 4.79 Å². The van der Waals surface area contributed by atoms with Gasteiger partial charge in [0.2, 0.25) is 5.91 Å². The molecule has 3 N–H and O–H groups in total. The number of nitrogens with one attached hydrogen (secondary N) is 1. The number of benzene rings is 1. The summed E-state index contributed by atoms with van der Waals surface area (Å²) < 4.78 is 5.19. The Hall–Kier alpha value is -1.59. The number of hydrogen-bond acceptors (Lipinski definition) is 4. The molecule has 2 rings (SSSR count). The molecule has 0 aliphatic rings. The molecule has 6 heteroatoms. The molecule has 1 aromatic carbocycles. The van der Waals surface area contributed by atoms with Gasteiger partial charge in [-0.05, 0) is 31.2 Å². The van der Waals surface area contributed by atoms with Crippen molar-refractivity contribution in [2.24, 2.45) is 0 Å². The van der Waals surface area contributed by atoms with E-state index in [1.54, 1.807) is 36.2 Å². The molecule has 0 aliphatic carbocycles. The van der Waals surface area contributed by atoms with Gasteiger partial charge in [-0.3, -0.25) is 4.79 Å². The average Bonchev–Trinajstić information content (AvgIpc) is 2.79. The average molecular weight is 311 g/mol. The predicted molar refractivity (Wildman–Crippen MR) is 83.3 cm³/mol. The summed E-state index contributed by atoms with van der Waals surface area (Å²) in [5.74, 6) is 1.47. The lowest BCUT2D eigenvalue weighted by atomic mass is 10.3. The quantitative estimate of drug-likeness (QED) is 0.648. The minimum absolute atomic E-state index is 0.0784. The van der Waals surface area contributed by atoms with Gasteiger partial charge in [-0.25, -0.2) is 0 Å². The Morgan fingerprint density at radius 2 is 2.25 bits per heavy atom. The third-order valence-electron chi connectivity index (χ3n) is 2.67. The number of anilines is 2. The second-order valence-corrected chi connectivity index (χ2v) is 5.77. The first kappa shape index (κ1) is 14.8. The van der Waals surface area contributed by atoms with Gasteiger partial charge in [-0.15, -0.1) is 11.8 Å². The number of halogens is 1. The Bertz CT molecular complexity index is 613. The van der Waals surface area contributed by atoms with Gasteiger partial charge in [-0.1, -0.05) is 11.6 Å². The summed E-state index contributed by atoms with van der Waals surface area (Å²) in [7, 11) is 0. The van der Waals surface area contributed by atoms with E-state index in [4.69, 9.17) is 21.8 Å². The van der Waals surface area contributed by atoms with Gasteiger partial charge in [0, 0.05) is 22.8 Å². The predicted octanol–water partition coefficient (Wildman–Crippen LogP) is 3.94. The van der Waals surface area contributed by atoms with Gasteiger partial charge in [0.15, 0.2) is 0 Å². The molecule has 2 aromatic rings. The van der Waals surface area contributed by atoms with E-state index in [0.29, 0.717) is 28.6 Å². The molecule has 0 atom stereocenters. The lowest BCUT2D eigenvalue weighted by Gasteiger charge is -2.07. The van der Waals surface area contributed by atoms with Crippen LogP contribution in [0.1, 0.15) is 12.2 Å². The maximum Gasteiger partial charge on any atom is 0.225 e. The molecular weight excluding hydrogens is 296 g/mol. The molecule has 1 aromatic heterocycles. The monoisotopic (exact) mass is 310 g/mol. The van der Waals surface area contributed by atoms with E-state index in [-0.39, 0.29) is 5.91 Å². The number of furan rings is 1. The highest BCUT2D eigenvalue weighted by molar-refractivity contribution is 7.99. The fourth-order valence-electron chi connectivity index (χ4n) is 1.62. The zero-order chi connectivity index (χ0) is 14.5. The molecule has 1 amide bonds. The van der Waals surface area contributed by atoms with Crippen molar-refractivity contribution in [3.8, 4) is 0 Å². The molecule has 1 heterocycles. The topological polar surface area (TPSA) is 68.3 Å². The highest BCUT2D eigenvalue weighted by Crippen LogP contribution is 2.25. The zero-order valence-corrected chi connectivity index (χ0v) is 12.6. The van der Waals surface area contributed by atoms with Crippen molar-refractivity contribution in [3.63, 3.8) is 0 Å². The van der Waals surface area contributed by atoms with Crippen LogP contribution >= 0.6 is 23.4 Å². The first-order chi connectivity index (χ1) is 9.56. The van der Waals surface area contributed by atoms with Crippen LogP contribution in [-0.4, -0.2) is 11.7 Å². The van der Waals surface area contributed by atoms with Gasteiger partial charge >= 0.3 is 0 Å². The minimum atomic E-state index is -0.0784. The van der Waals surface area contributed by atoms with E-state index < -0.39 is 0 Å². The normalized spacial score (nSPS) is 10.5. The summed E-state index contributed by atoms with van der Waals surface area (Å²) in [4.78, 5) is 12.9. The lowest BCUT2D eigenvalue weighted by molar-refractivity contribution is -0.115. The first-order valence-electron chi connectivity index (χ1n) is 6.08. The number of nitrogen functional groups attached to an aromatic ring is 1. The fraction of sp³-hybridized carbons (Fsp3) is 0.214. The maximum absolute atomic E-state index is 11.8. The Kier molecular flexibility index (Phi) is 4.98. The summed E-state index contributed by atoms with van der Waals surface area (Å²) in [5.41, 5.74) is 6.75. The van der Waals surface area contributed by atoms with Gasteiger partial charge in [0.25, 0.3) is 0 Å². The standard InChI is InChI=1S/C14H15ClN2O2S/c1-9-13(4-6-19-9)20-7-5-14(18)17-12-3-2-10(16)8-11(12)15/h2-4,6,8H,5,7,16H2,1H3,(H,17,18). The second kappa shape index (κ2) is 6.72. The molecular formula is C14H15ClN2O2S. The number of carbonyl (C=O) groups excluding carboxylic acids is 1. The number of aryl methyl sites for hydroxylation is 1. The fourth-order valence-corrected chi connectivity index (χ4v) is 2.77. The second-order valence-electron chi connectivity index (χ2n) is 4.23. The molecule has 0 aliphatic heterocycles. The summed E-state index contributed by atoms with van der Waals surface area (Å²) in [6.45, 7) is 1.90. The lowest BCUT2D eigenvalue weighted by Crippen LogP contribution is -2.12. The molecule has 0 unspecified atom stereocenters. The molecule has 0 spiro atoms. The van der Waals surface area contributed by atoms with Crippen LogP contribution in [0.15, 0.2) is 39.8 Å². The zero-order valence-electron chi connectivity index (χ0n) is 11.0. The molecule has 4 nitrogen and oxygen atoms in total. The molecule has 0 saturated heterocycles. The summed E-state index contributed by atoms with van der Waals surface area (Å²) in [6.07, 6.45) is 2.04. The highest BCUT2D eigenvalue weighted by atomic mass is 35.5. The van der Waals surface area contributed by atoms with Gasteiger partial charge in [0.05, 0.1) is 17.0 Å². The van der Waals surface area contributed by atoms with Crippen LogP contribution in [0.4, 0.5) is 11.4 Å². The van der Waals surface area contributed by atoms with E-state index >= 15 is 0 Å². The number of carbonyl (C=O) groups is 1. The van der Waals surface area contributed by atoms with Gasteiger partial charge in [-0.2, -0.15) is 0 Å². The van der Waals surface area contributed by atoms with Crippen molar-refractivity contribution >= 4 is 40.6 Å². The van der Waals surface area contributed by atoms with Crippen LogP contribution in [0, 0.1) is 6.92 Å². The Morgan fingerprint density at radius 1 is 1.45 bits per heavy atom. The summed E-state index contributed by atoms with van der Waals surface area (Å²) in [6, 6.07) is 6.91. The van der Waals surface area contributed by atoms with Crippen molar-refractivity contribution < 1.29 is 9.21 Å². The van der Waals surface area contributed by atoms with E-state index in [2.05, 4.69) is 5.32 Å². The van der Waals surface area contributed by atoms with Crippen LogP contribution in [0.3, 0.4) is 0 Å². The van der Waals surface area contributed by atoms with E-state index in [0.717, 1.165) is 10.7 Å². The van der Waals surface area contributed by atoms with Crippen LogP contribution in [0.25, 0.3) is 0 Å². The van der Waals surface area contributed by atoms with Crippen LogP contribution in [0.5, 0.6) is 0 Å². The molecule has 106 valence electrons. The minimum Gasteiger partial charge on any atom is -0.468 e. The largest absolute Gasteiger partial charge is 0.468 e. The Morgan fingerprint density at radius 3 is 2.90 bits per heavy atom. The molecule has 0 radical (unpaired) electrons. The molecule has 0 fully saturated rings. The van der Waals surface area contributed by atoms with E-state index in [1.807, 2.05) is 13.0 Å². The SMILES string of the molecule is Cc1occc1SCCC(=O)Nc1ccc(N)cc1Cl. The molecule has 0 saturated carbocycles. The van der Waals surface area contributed by atoms with Crippen molar-refractivity contribution in [1.29, 1.82) is 0 Å².